The largest absolute Gasteiger partial charge is 0.374 e. The summed E-state index contributed by atoms with van der Waals surface area (Å²) in [6.07, 6.45) is 5.22. The fraction of sp³-hybridized carbons (Fsp3) is 0.647. The van der Waals surface area contributed by atoms with E-state index in [4.69, 9.17) is 16.3 Å². The number of nitrogens with one attached hydrogen (secondary N) is 1. The van der Waals surface area contributed by atoms with Gasteiger partial charge in [-0.15, -0.1) is 0 Å². The molecule has 2 aliphatic heterocycles. The van der Waals surface area contributed by atoms with E-state index in [1.54, 1.807) is 0 Å². The Bertz CT molecular complexity index is 522. The van der Waals surface area contributed by atoms with Crippen molar-refractivity contribution in [1.29, 1.82) is 0 Å². The van der Waals surface area contributed by atoms with Crippen molar-refractivity contribution in [2.24, 2.45) is 0 Å². The highest BCUT2D eigenvalue weighted by Gasteiger charge is 2.32. The first kappa shape index (κ1) is 14.0. The van der Waals surface area contributed by atoms with Crippen molar-refractivity contribution in [2.75, 3.05) is 26.2 Å². The third-order valence-corrected chi connectivity index (χ3v) is 5.43. The molecule has 1 aromatic carbocycles. The van der Waals surface area contributed by atoms with Crippen molar-refractivity contribution in [3.63, 3.8) is 0 Å². The lowest BCUT2D eigenvalue weighted by Gasteiger charge is -2.35. The van der Waals surface area contributed by atoms with E-state index in [-0.39, 0.29) is 0 Å². The molecule has 4 heteroatoms. The van der Waals surface area contributed by atoms with E-state index in [9.17, 15) is 0 Å². The number of ether oxygens (including phenoxy) is 1. The van der Waals surface area contributed by atoms with E-state index in [0.29, 0.717) is 18.2 Å². The molecular weight excluding hydrogens is 284 g/mol. The van der Waals surface area contributed by atoms with Crippen molar-refractivity contribution in [3.05, 3.63) is 34.3 Å². The van der Waals surface area contributed by atoms with Crippen LogP contribution in [0, 0.1) is 0 Å². The molecule has 3 unspecified atom stereocenters. The van der Waals surface area contributed by atoms with E-state index in [2.05, 4.69) is 22.3 Å². The fourth-order valence-electron chi connectivity index (χ4n) is 4.04. The molecule has 114 valence electrons. The average molecular weight is 307 g/mol. The molecule has 2 fully saturated rings. The summed E-state index contributed by atoms with van der Waals surface area (Å²) in [6, 6.07) is 7.52. The van der Waals surface area contributed by atoms with Gasteiger partial charge in [0.15, 0.2) is 0 Å². The highest BCUT2D eigenvalue weighted by molar-refractivity contribution is 6.30. The van der Waals surface area contributed by atoms with E-state index in [0.717, 1.165) is 37.6 Å². The molecule has 3 nitrogen and oxygen atoms in total. The molecule has 0 aromatic heterocycles. The van der Waals surface area contributed by atoms with Gasteiger partial charge in [-0.25, -0.2) is 0 Å². The molecule has 3 atom stereocenters. The number of morpholine rings is 1. The van der Waals surface area contributed by atoms with E-state index >= 15 is 0 Å². The van der Waals surface area contributed by atoms with Crippen molar-refractivity contribution < 1.29 is 4.74 Å². The Hall–Kier alpha value is -0.610. The van der Waals surface area contributed by atoms with Crippen LogP contribution in [0.15, 0.2) is 18.2 Å². The first-order valence-corrected chi connectivity index (χ1v) is 8.52. The summed E-state index contributed by atoms with van der Waals surface area (Å²) in [4.78, 5) is 2.61. The van der Waals surface area contributed by atoms with Gasteiger partial charge in [-0.05, 0) is 55.5 Å². The van der Waals surface area contributed by atoms with Crippen molar-refractivity contribution in [3.8, 4) is 0 Å². The van der Waals surface area contributed by atoms with Crippen molar-refractivity contribution in [2.45, 2.75) is 43.9 Å². The average Bonchev–Trinajstić information content (AvgIpc) is 3.09. The van der Waals surface area contributed by atoms with Crippen LogP contribution in [-0.4, -0.2) is 49.3 Å². The number of benzene rings is 1. The van der Waals surface area contributed by atoms with Crippen LogP contribution >= 0.6 is 11.6 Å². The van der Waals surface area contributed by atoms with Gasteiger partial charge < -0.3 is 10.1 Å². The number of nitrogens with zero attached hydrogens (tertiary/aromatic N) is 1. The third-order valence-electron chi connectivity index (χ3n) is 5.20. The third kappa shape index (κ3) is 2.98. The smallest absolute Gasteiger partial charge is 0.0827 e. The molecule has 1 N–H and O–H groups in total. The molecule has 0 saturated carbocycles. The second-order valence-corrected chi connectivity index (χ2v) is 7.11. The monoisotopic (exact) mass is 306 g/mol. The molecule has 1 aromatic rings. The number of halogens is 1. The predicted octanol–water partition coefficient (Wildman–Crippen LogP) is 2.26. The van der Waals surface area contributed by atoms with Crippen molar-refractivity contribution >= 4 is 11.6 Å². The summed E-state index contributed by atoms with van der Waals surface area (Å²) in [6.45, 7) is 4.25. The van der Waals surface area contributed by atoms with E-state index in [1.165, 1.54) is 30.5 Å². The van der Waals surface area contributed by atoms with Crippen LogP contribution in [0.2, 0.25) is 5.02 Å². The number of rotatable bonds is 3. The van der Waals surface area contributed by atoms with E-state index in [1.807, 2.05) is 6.07 Å². The minimum Gasteiger partial charge on any atom is -0.374 e. The fourth-order valence-corrected chi connectivity index (χ4v) is 4.23. The predicted molar refractivity (Wildman–Crippen MR) is 85.0 cm³/mol. The maximum Gasteiger partial charge on any atom is 0.0827 e. The summed E-state index contributed by atoms with van der Waals surface area (Å²) in [7, 11) is 0. The maximum atomic E-state index is 6.08. The van der Waals surface area contributed by atoms with Crippen LogP contribution in [0.25, 0.3) is 0 Å². The molecule has 0 amide bonds. The van der Waals surface area contributed by atoms with Crippen molar-refractivity contribution in [1.82, 2.24) is 10.2 Å². The summed E-state index contributed by atoms with van der Waals surface area (Å²) in [5, 5.41) is 4.55. The Morgan fingerprint density at radius 1 is 1.29 bits per heavy atom. The minimum absolute atomic E-state index is 0.353. The summed E-state index contributed by atoms with van der Waals surface area (Å²) >= 11 is 6.08. The molecule has 4 rings (SSSR count). The van der Waals surface area contributed by atoms with Crippen LogP contribution in [-0.2, 0) is 17.6 Å². The number of hydrogen-bond acceptors (Lipinski definition) is 3. The minimum atomic E-state index is 0.353. The van der Waals surface area contributed by atoms with Crippen LogP contribution in [0.4, 0.5) is 0 Å². The van der Waals surface area contributed by atoms with Gasteiger partial charge in [0.25, 0.3) is 0 Å². The highest BCUT2D eigenvalue weighted by Crippen LogP contribution is 2.26. The number of fused-ring (bicyclic) bond motifs is 2. The van der Waals surface area contributed by atoms with Crippen LogP contribution in [0.5, 0.6) is 0 Å². The van der Waals surface area contributed by atoms with Gasteiger partial charge in [0.2, 0.25) is 0 Å². The Morgan fingerprint density at radius 3 is 3.14 bits per heavy atom. The topological polar surface area (TPSA) is 24.5 Å². The van der Waals surface area contributed by atoms with Gasteiger partial charge >= 0.3 is 0 Å². The maximum absolute atomic E-state index is 6.08. The molecule has 1 aliphatic carbocycles. The Balaban J connectivity index is 1.29. The SMILES string of the molecule is Clc1ccc2c(c1)CC(NCC1CN3CCCC3CO1)C2. The second-order valence-electron chi connectivity index (χ2n) is 6.67. The van der Waals surface area contributed by atoms with Gasteiger partial charge in [-0.2, -0.15) is 0 Å². The zero-order valence-electron chi connectivity index (χ0n) is 12.4. The second kappa shape index (κ2) is 5.88. The zero-order valence-corrected chi connectivity index (χ0v) is 13.1. The summed E-state index contributed by atoms with van der Waals surface area (Å²) in [5.74, 6) is 0. The van der Waals surface area contributed by atoms with Gasteiger partial charge in [0.1, 0.15) is 0 Å². The Morgan fingerprint density at radius 2 is 2.19 bits per heavy atom. The van der Waals surface area contributed by atoms with Crippen LogP contribution in [0.3, 0.4) is 0 Å². The molecule has 2 heterocycles. The van der Waals surface area contributed by atoms with Crippen LogP contribution < -0.4 is 5.32 Å². The highest BCUT2D eigenvalue weighted by atomic mass is 35.5. The normalized spacial score (nSPS) is 32.1. The molecule has 3 aliphatic rings. The Kier molecular flexibility index (Phi) is 3.92. The lowest BCUT2D eigenvalue weighted by molar-refractivity contribution is -0.0477. The number of hydrogen-bond donors (Lipinski definition) is 1. The lowest BCUT2D eigenvalue weighted by atomic mass is 10.1. The molecule has 2 saturated heterocycles. The summed E-state index contributed by atoms with van der Waals surface area (Å²) in [5.41, 5.74) is 2.85. The zero-order chi connectivity index (χ0) is 14.2. The molecule has 0 radical (unpaired) electrons. The molecular formula is C17H23ClN2O. The Labute approximate surface area is 131 Å². The van der Waals surface area contributed by atoms with Gasteiger partial charge in [0.05, 0.1) is 12.7 Å². The van der Waals surface area contributed by atoms with Crippen LogP contribution in [0.1, 0.15) is 24.0 Å². The quantitative estimate of drug-likeness (QED) is 0.927. The standard InChI is InChI=1S/C17H23ClN2O/c18-14-4-3-12-7-15(8-13(12)6-14)19-9-17-10-20-5-1-2-16(20)11-21-17/h3-4,6,15-17,19H,1-2,5,7-11H2. The van der Waals surface area contributed by atoms with E-state index < -0.39 is 0 Å². The first-order chi connectivity index (χ1) is 10.3. The molecule has 0 spiro atoms. The lowest BCUT2D eigenvalue weighted by Crippen LogP contribution is -2.50. The first-order valence-electron chi connectivity index (χ1n) is 8.14. The molecule has 21 heavy (non-hydrogen) atoms. The van der Waals surface area contributed by atoms with Gasteiger partial charge in [-0.1, -0.05) is 17.7 Å². The molecule has 0 bridgehead atoms. The van der Waals surface area contributed by atoms with Gasteiger partial charge in [0, 0.05) is 30.2 Å². The summed E-state index contributed by atoms with van der Waals surface area (Å²) < 4.78 is 6.02. The van der Waals surface area contributed by atoms with Gasteiger partial charge in [-0.3, -0.25) is 4.90 Å².